The predicted octanol–water partition coefficient (Wildman–Crippen LogP) is 0.924. The number of para-hydroxylation sites is 1. The van der Waals surface area contributed by atoms with E-state index in [1.165, 1.54) is 12.1 Å². The maximum atomic E-state index is 12.1. The number of carbonyl (C=O) groups is 3. The van der Waals surface area contributed by atoms with Gasteiger partial charge in [0, 0.05) is 0 Å². The first-order valence-electron chi connectivity index (χ1n) is 7.18. The Morgan fingerprint density at radius 1 is 1.17 bits per heavy atom. The van der Waals surface area contributed by atoms with Crippen LogP contribution < -0.4 is 16.2 Å². The molecule has 1 unspecified atom stereocenters. The number of phenolic OH excluding ortho intramolecular Hbond substituents is 1. The van der Waals surface area contributed by atoms with E-state index < -0.39 is 23.9 Å². The van der Waals surface area contributed by atoms with Crippen molar-refractivity contribution in [3.63, 3.8) is 0 Å². The van der Waals surface area contributed by atoms with E-state index in [0.29, 0.717) is 0 Å². The quantitative estimate of drug-likeness (QED) is 0.601. The third kappa shape index (κ3) is 5.50. The lowest BCUT2D eigenvalue weighted by Gasteiger charge is -2.21. The maximum Gasteiger partial charge on any atom is 0.407 e. The number of nitrogens with one attached hydrogen (secondary N) is 3. The minimum atomic E-state index is -0.876. The summed E-state index contributed by atoms with van der Waals surface area (Å²) in [5.74, 6) is -1.70. The van der Waals surface area contributed by atoms with Gasteiger partial charge in [0.25, 0.3) is 11.8 Å². The fourth-order valence-corrected chi connectivity index (χ4v) is 1.76. The minimum Gasteiger partial charge on any atom is -0.507 e. The normalized spacial score (nSPS) is 11.5. The standard InChI is InChI=1S/C15H21N3O5/c1-4-23-15(22)16-12(9(2)3)14(21)18-17-13(20)10-7-5-6-8-11(10)19/h5-9,12,19H,4H2,1-3H3,(H,16,22)(H,17,20)(H,18,21). The summed E-state index contributed by atoms with van der Waals surface area (Å²) in [6.07, 6.45) is -0.714. The van der Waals surface area contributed by atoms with Crippen LogP contribution in [-0.2, 0) is 9.53 Å². The van der Waals surface area contributed by atoms with Gasteiger partial charge in [-0.3, -0.25) is 20.4 Å². The van der Waals surface area contributed by atoms with E-state index in [1.807, 2.05) is 0 Å². The van der Waals surface area contributed by atoms with Gasteiger partial charge in [0.05, 0.1) is 12.2 Å². The number of amides is 3. The van der Waals surface area contributed by atoms with Gasteiger partial charge in [0.15, 0.2) is 0 Å². The summed E-state index contributed by atoms with van der Waals surface area (Å²) >= 11 is 0. The SMILES string of the molecule is CCOC(=O)NC(C(=O)NNC(=O)c1ccccc1O)C(C)C. The molecule has 0 aromatic heterocycles. The number of aromatic hydroxyl groups is 1. The molecule has 8 nitrogen and oxygen atoms in total. The van der Waals surface area contributed by atoms with Crippen molar-refractivity contribution >= 4 is 17.9 Å². The second kappa shape index (κ2) is 8.62. The first kappa shape index (κ1) is 18.3. The molecule has 0 aliphatic carbocycles. The molecule has 0 aliphatic rings. The van der Waals surface area contributed by atoms with Crippen molar-refractivity contribution in [2.45, 2.75) is 26.8 Å². The fraction of sp³-hybridized carbons (Fsp3) is 0.400. The Morgan fingerprint density at radius 2 is 1.83 bits per heavy atom. The lowest BCUT2D eigenvalue weighted by Crippen LogP contribution is -2.54. The van der Waals surface area contributed by atoms with Crippen LogP contribution in [0.1, 0.15) is 31.1 Å². The molecule has 1 rings (SSSR count). The molecule has 8 heteroatoms. The van der Waals surface area contributed by atoms with E-state index in [0.717, 1.165) is 0 Å². The number of hydrogen-bond donors (Lipinski definition) is 4. The molecular weight excluding hydrogens is 302 g/mol. The van der Waals surface area contributed by atoms with Crippen LogP contribution in [0.5, 0.6) is 5.75 Å². The molecule has 1 atom stereocenters. The van der Waals surface area contributed by atoms with Crippen molar-refractivity contribution in [1.82, 2.24) is 16.2 Å². The van der Waals surface area contributed by atoms with Gasteiger partial charge >= 0.3 is 6.09 Å². The molecular formula is C15H21N3O5. The number of phenols is 1. The molecule has 0 saturated heterocycles. The average molecular weight is 323 g/mol. The molecule has 4 N–H and O–H groups in total. The molecule has 3 amide bonds. The van der Waals surface area contributed by atoms with Crippen LogP contribution in [0, 0.1) is 5.92 Å². The van der Waals surface area contributed by atoms with E-state index in [-0.39, 0.29) is 23.8 Å². The first-order valence-corrected chi connectivity index (χ1v) is 7.18. The Labute approximate surface area is 134 Å². The monoisotopic (exact) mass is 323 g/mol. The van der Waals surface area contributed by atoms with Crippen LogP contribution in [0.3, 0.4) is 0 Å². The van der Waals surface area contributed by atoms with Crippen molar-refractivity contribution in [3.8, 4) is 5.75 Å². The number of hydrazine groups is 1. The van der Waals surface area contributed by atoms with E-state index in [4.69, 9.17) is 4.74 Å². The molecule has 0 saturated carbocycles. The van der Waals surface area contributed by atoms with Gasteiger partial charge in [0.2, 0.25) is 0 Å². The maximum absolute atomic E-state index is 12.1. The molecule has 1 aromatic rings. The largest absolute Gasteiger partial charge is 0.507 e. The highest BCUT2D eigenvalue weighted by Gasteiger charge is 2.25. The summed E-state index contributed by atoms with van der Waals surface area (Å²) in [7, 11) is 0. The number of ether oxygens (including phenoxy) is 1. The highest BCUT2D eigenvalue weighted by atomic mass is 16.5. The summed E-state index contributed by atoms with van der Waals surface area (Å²) in [6.45, 7) is 5.31. The van der Waals surface area contributed by atoms with Gasteiger partial charge in [0.1, 0.15) is 11.8 Å². The second-order valence-electron chi connectivity index (χ2n) is 5.05. The highest BCUT2D eigenvalue weighted by molar-refractivity contribution is 5.98. The average Bonchev–Trinajstić information content (AvgIpc) is 2.50. The molecule has 1 aromatic carbocycles. The number of carbonyl (C=O) groups excluding carboxylic acids is 3. The van der Waals surface area contributed by atoms with Crippen molar-refractivity contribution in [3.05, 3.63) is 29.8 Å². The molecule has 23 heavy (non-hydrogen) atoms. The van der Waals surface area contributed by atoms with Crippen LogP contribution >= 0.6 is 0 Å². The fourth-order valence-electron chi connectivity index (χ4n) is 1.76. The smallest absolute Gasteiger partial charge is 0.407 e. The van der Waals surface area contributed by atoms with Crippen molar-refractivity contribution in [1.29, 1.82) is 0 Å². The van der Waals surface area contributed by atoms with Crippen molar-refractivity contribution in [2.75, 3.05) is 6.61 Å². The van der Waals surface area contributed by atoms with Crippen LogP contribution in [0.15, 0.2) is 24.3 Å². The van der Waals surface area contributed by atoms with Crippen LogP contribution in [0.4, 0.5) is 4.79 Å². The molecule has 0 heterocycles. The molecule has 0 bridgehead atoms. The van der Waals surface area contributed by atoms with E-state index >= 15 is 0 Å². The third-order valence-corrected chi connectivity index (χ3v) is 2.95. The lowest BCUT2D eigenvalue weighted by atomic mass is 10.0. The number of benzene rings is 1. The Balaban J connectivity index is 2.63. The Kier molecular flexibility index (Phi) is 6.85. The summed E-state index contributed by atoms with van der Waals surface area (Å²) in [5, 5.41) is 12.0. The summed E-state index contributed by atoms with van der Waals surface area (Å²) in [6, 6.07) is 5.04. The lowest BCUT2D eigenvalue weighted by molar-refractivity contribution is -0.124. The molecule has 0 fully saturated rings. The number of hydrogen-bond acceptors (Lipinski definition) is 5. The zero-order chi connectivity index (χ0) is 17.4. The zero-order valence-corrected chi connectivity index (χ0v) is 13.3. The second-order valence-corrected chi connectivity index (χ2v) is 5.05. The molecule has 126 valence electrons. The first-order chi connectivity index (χ1) is 10.9. The topological polar surface area (TPSA) is 117 Å². The summed E-state index contributed by atoms with van der Waals surface area (Å²) < 4.78 is 4.73. The number of alkyl carbamates (subject to hydrolysis) is 1. The van der Waals surface area contributed by atoms with E-state index in [9.17, 15) is 19.5 Å². The number of rotatable bonds is 5. The predicted molar refractivity (Wildman–Crippen MR) is 82.5 cm³/mol. The van der Waals surface area contributed by atoms with Gasteiger partial charge < -0.3 is 15.2 Å². The Bertz CT molecular complexity index is 574. The van der Waals surface area contributed by atoms with Crippen LogP contribution in [-0.4, -0.2) is 35.7 Å². The minimum absolute atomic E-state index is 0.0206. The van der Waals surface area contributed by atoms with Crippen molar-refractivity contribution < 1.29 is 24.2 Å². The highest BCUT2D eigenvalue weighted by Crippen LogP contribution is 2.14. The van der Waals surface area contributed by atoms with Crippen molar-refractivity contribution in [2.24, 2.45) is 5.92 Å². The van der Waals surface area contributed by atoms with Gasteiger partial charge in [-0.1, -0.05) is 26.0 Å². The van der Waals surface area contributed by atoms with E-state index in [1.54, 1.807) is 32.9 Å². The molecule has 0 spiro atoms. The molecule has 0 aliphatic heterocycles. The summed E-state index contributed by atoms with van der Waals surface area (Å²) in [4.78, 5) is 35.4. The van der Waals surface area contributed by atoms with Gasteiger partial charge in [-0.15, -0.1) is 0 Å². The van der Waals surface area contributed by atoms with Crippen LogP contribution in [0.25, 0.3) is 0 Å². The summed E-state index contributed by atoms with van der Waals surface area (Å²) in [5.41, 5.74) is 4.43. The van der Waals surface area contributed by atoms with Gasteiger partial charge in [-0.25, -0.2) is 4.79 Å². The van der Waals surface area contributed by atoms with Gasteiger partial charge in [-0.2, -0.15) is 0 Å². The zero-order valence-electron chi connectivity index (χ0n) is 13.3. The molecule has 0 radical (unpaired) electrons. The third-order valence-electron chi connectivity index (χ3n) is 2.95. The van der Waals surface area contributed by atoms with Gasteiger partial charge in [-0.05, 0) is 25.0 Å². The Morgan fingerprint density at radius 3 is 2.39 bits per heavy atom. The Hall–Kier alpha value is -2.77. The van der Waals surface area contributed by atoms with E-state index in [2.05, 4.69) is 16.2 Å². The van der Waals surface area contributed by atoms with Crippen LogP contribution in [0.2, 0.25) is 0 Å².